The highest BCUT2D eigenvalue weighted by molar-refractivity contribution is 5.76. The van der Waals surface area contributed by atoms with E-state index in [1.54, 1.807) is 18.1 Å². The summed E-state index contributed by atoms with van der Waals surface area (Å²) in [6.07, 6.45) is 3.12. The number of ether oxygens (including phenoxy) is 1. The first-order chi connectivity index (χ1) is 7.51. The van der Waals surface area contributed by atoms with Crippen LogP contribution in [0.4, 0.5) is 0 Å². The highest BCUT2D eigenvalue weighted by Gasteiger charge is 2.17. The number of fused-ring (bicyclic) bond motifs is 1. The molecule has 86 valence electrons. The fourth-order valence-electron chi connectivity index (χ4n) is 1.34. The van der Waals surface area contributed by atoms with E-state index >= 15 is 0 Å². The molecule has 2 aromatic rings. The van der Waals surface area contributed by atoms with Gasteiger partial charge in [0.05, 0.1) is 0 Å². The molecule has 0 amide bonds. The number of imidazole rings is 1. The van der Waals surface area contributed by atoms with Crippen LogP contribution in [0.1, 0.15) is 20.8 Å². The van der Waals surface area contributed by atoms with Crippen molar-refractivity contribution in [3.63, 3.8) is 0 Å². The molecule has 0 atom stereocenters. The molecule has 2 heterocycles. The van der Waals surface area contributed by atoms with E-state index in [0.717, 1.165) is 0 Å². The number of hydrogen-bond acceptors (Lipinski definition) is 5. The maximum atomic E-state index is 5.72. The zero-order chi connectivity index (χ0) is 11.8. The van der Waals surface area contributed by atoms with Crippen LogP contribution in [0.15, 0.2) is 12.7 Å². The highest BCUT2D eigenvalue weighted by Crippen LogP contribution is 2.22. The molecule has 0 aromatic carbocycles. The Labute approximate surface area is 93.6 Å². The molecule has 6 nitrogen and oxygen atoms in total. The number of hydrogen-bond donors (Lipinski definition) is 1. The minimum Gasteiger partial charge on any atom is -0.470 e. The average molecular weight is 221 g/mol. The third kappa shape index (κ3) is 1.91. The van der Waals surface area contributed by atoms with Crippen LogP contribution in [0, 0.1) is 0 Å². The first-order valence-electron chi connectivity index (χ1n) is 5.06. The summed E-state index contributed by atoms with van der Waals surface area (Å²) in [5.41, 5.74) is 4.01. The first kappa shape index (κ1) is 10.7. The number of nitrogens with one attached hydrogen (secondary N) is 1. The van der Waals surface area contributed by atoms with Gasteiger partial charge in [0.2, 0.25) is 5.88 Å². The van der Waals surface area contributed by atoms with Gasteiger partial charge in [-0.1, -0.05) is 0 Å². The minimum atomic E-state index is -0.301. The van der Waals surface area contributed by atoms with E-state index in [9.17, 15) is 0 Å². The van der Waals surface area contributed by atoms with E-state index in [-0.39, 0.29) is 5.60 Å². The van der Waals surface area contributed by atoms with Gasteiger partial charge in [-0.25, -0.2) is 14.6 Å². The van der Waals surface area contributed by atoms with Crippen LogP contribution in [0.3, 0.4) is 0 Å². The molecule has 16 heavy (non-hydrogen) atoms. The van der Waals surface area contributed by atoms with Crippen molar-refractivity contribution in [2.45, 2.75) is 26.4 Å². The van der Waals surface area contributed by atoms with Crippen molar-refractivity contribution in [2.24, 2.45) is 0 Å². The number of nitrogens with zero attached hydrogens (tertiary/aromatic N) is 4. The summed E-state index contributed by atoms with van der Waals surface area (Å²) in [5.74, 6) is 0.506. The molecule has 2 aromatic heterocycles. The van der Waals surface area contributed by atoms with Crippen LogP contribution < -0.4 is 10.2 Å². The van der Waals surface area contributed by atoms with Crippen molar-refractivity contribution in [3.8, 4) is 5.88 Å². The topological polar surface area (TPSA) is 64.9 Å². The number of rotatable bonds is 2. The van der Waals surface area contributed by atoms with Crippen LogP contribution in [0.25, 0.3) is 11.2 Å². The molecule has 6 heteroatoms. The zero-order valence-corrected chi connectivity index (χ0v) is 9.85. The Morgan fingerprint density at radius 3 is 2.62 bits per heavy atom. The van der Waals surface area contributed by atoms with E-state index in [2.05, 4.69) is 20.4 Å². The Kier molecular flexibility index (Phi) is 2.41. The van der Waals surface area contributed by atoms with Crippen molar-refractivity contribution in [2.75, 3.05) is 12.5 Å². The lowest BCUT2D eigenvalue weighted by Crippen LogP contribution is -2.23. The summed E-state index contributed by atoms with van der Waals surface area (Å²) >= 11 is 0. The van der Waals surface area contributed by atoms with Gasteiger partial charge in [0.15, 0.2) is 11.2 Å². The fraction of sp³-hybridized carbons (Fsp3) is 0.500. The van der Waals surface area contributed by atoms with Gasteiger partial charge in [0.1, 0.15) is 18.3 Å². The second-order valence-electron chi connectivity index (χ2n) is 4.40. The molecule has 0 saturated heterocycles. The van der Waals surface area contributed by atoms with Gasteiger partial charge < -0.3 is 10.2 Å². The van der Waals surface area contributed by atoms with Crippen LogP contribution in [0.2, 0.25) is 0 Å². The van der Waals surface area contributed by atoms with Gasteiger partial charge in [-0.2, -0.15) is 4.98 Å². The van der Waals surface area contributed by atoms with Crippen molar-refractivity contribution in [3.05, 3.63) is 12.7 Å². The maximum Gasteiger partial charge on any atom is 0.246 e. The van der Waals surface area contributed by atoms with Crippen LogP contribution in [-0.2, 0) is 0 Å². The van der Waals surface area contributed by atoms with Crippen LogP contribution in [-0.4, -0.2) is 32.3 Å². The largest absolute Gasteiger partial charge is 0.470 e. The fourth-order valence-corrected chi connectivity index (χ4v) is 1.34. The molecule has 2 rings (SSSR count). The maximum absolute atomic E-state index is 5.72. The third-order valence-electron chi connectivity index (χ3n) is 1.94. The average Bonchev–Trinajstić information content (AvgIpc) is 2.59. The zero-order valence-electron chi connectivity index (χ0n) is 9.85. The molecule has 1 N–H and O–H groups in total. The Bertz CT molecular complexity index is 499. The smallest absolute Gasteiger partial charge is 0.246 e. The SMILES string of the molecule is CNn1cnc2c(OC(C)(C)C)ncnc21. The van der Waals surface area contributed by atoms with Gasteiger partial charge in [-0.05, 0) is 20.8 Å². The molecule has 0 aliphatic rings. The summed E-state index contributed by atoms with van der Waals surface area (Å²) in [6, 6.07) is 0. The summed E-state index contributed by atoms with van der Waals surface area (Å²) in [7, 11) is 1.80. The number of aromatic nitrogens is 4. The Balaban J connectivity index is 2.50. The first-order valence-corrected chi connectivity index (χ1v) is 5.06. The van der Waals surface area contributed by atoms with E-state index < -0.39 is 0 Å². The Morgan fingerprint density at radius 1 is 1.25 bits per heavy atom. The molecule has 0 aliphatic carbocycles. The van der Waals surface area contributed by atoms with Gasteiger partial charge in [0.25, 0.3) is 0 Å². The van der Waals surface area contributed by atoms with E-state index in [0.29, 0.717) is 17.0 Å². The second-order valence-corrected chi connectivity index (χ2v) is 4.40. The van der Waals surface area contributed by atoms with E-state index in [4.69, 9.17) is 4.74 Å². The summed E-state index contributed by atoms with van der Waals surface area (Å²) < 4.78 is 7.43. The van der Waals surface area contributed by atoms with Crippen molar-refractivity contribution >= 4 is 11.2 Å². The van der Waals surface area contributed by atoms with Crippen molar-refractivity contribution in [1.29, 1.82) is 0 Å². The van der Waals surface area contributed by atoms with Gasteiger partial charge >= 0.3 is 0 Å². The quantitative estimate of drug-likeness (QED) is 0.824. The Morgan fingerprint density at radius 2 is 2.00 bits per heavy atom. The molecule has 0 bridgehead atoms. The van der Waals surface area contributed by atoms with Gasteiger partial charge in [-0.3, -0.25) is 0 Å². The molecule has 0 unspecified atom stereocenters. The Hall–Kier alpha value is -1.85. The standard InChI is InChI=1S/C10H15N5O/c1-10(2,3)16-9-7-8(12-5-13-9)15(11-4)6-14-7/h5-6,11H,1-4H3. The lowest BCUT2D eigenvalue weighted by atomic mass is 10.2. The molecule has 0 fully saturated rings. The van der Waals surface area contributed by atoms with Crippen molar-refractivity contribution in [1.82, 2.24) is 19.6 Å². The normalized spacial score (nSPS) is 11.8. The highest BCUT2D eigenvalue weighted by atomic mass is 16.5. The molecule has 0 aliphatic heterocycles. The van der Waals surface area contributed by atoms with E-state index in [1.165, 1.54) is 6.33 Å². The van der Waals surface area contributed by atoms with Crippen molar-refractivity contribution < 1.29 is 4.74 Å². The lowest BCUT2D eigenvalue weighted by Gasteiger charge is -2.20. The third-order valence-corrected chi connectivity index (χ3v) is 1.94. The molecular formula is C10H15N5O. The summed E-state index contributed by atoms with van der Waals surface area (Å²) in [4.78, 5) is 12.5. The monoisotopic (exact) mass is 221 g/mol. The van der Waals surface area contributed by atoms with Gasteiger partial charge in [0, 0.05) is 7.05 Å². The molecule has 0 saturated carbocycles. The predicted octanol–water partition coefficient (Wildman–Crippen LogP) is 1.18. The summed E-state index contributed by atoms with van der Waals surface area (Å²) in [5, 5.41) is 0. The van der Waals surface area contributed by atoms with Gasteiger partial charge in [-0.15, -0.1) is 0 Å². The van der Waals surface area contributed by atoms with E-state index in [1.807, 2.05) is 20.8 Å². The van der Waals surface area contributed by atoms with Crippen LogP contribution >= 0.6 is 0 Å². The minimum absolute atomic E-state index is 0.301. The molecular weight excluding hydrogens is 206 g/mol. The molecule has 0 spiro atoms. The lowest BCUT2D eigenvalue weighted by molar-refractivity contribution is 0.126. The predicted molar refractivity (Wildman–Crippen MR) is 61.0 cm³/mol. The second kappa shape index (κ2) is 3.62. The molecule has 0 radical (unpaired) electrons. The van der Waals surface area contributed by atoms with Crippen LogP contribution in [0.5, 0.6) is 5.88 Å². The summed E-state index contributed by atoms with van der Waals surface area (Å²) in [6.45, 7) is 5.90.